The zero-order valence-corrected chi connectivity index (χ0v) is 11.2. The molecular formula is C12H21NO2S. The summed E-state index contributed by atoms with van der Waals surface area (Å²) in [5.41, 5.74) is 1.12. The van der Waals surface area contributed by atoms with Crippen LogP contribution in [0.3, 0.4) is 0 Å². The average Bonchev–Trinajstić information content (AvgIpc) is 2.69. The van der Waals surface area contributed by atoms with Crippen molar-refractivity contribution in [3.63, 3.8) is 0 Å². The number of thiocarbonyl (C=S) groups is 1. The highest BCUT2D eigenvalue weighted by atomic mass is 32.1. The van der Waals surface area contributed by atoms with Crippen LogP contribution in [0.4, 0.5) is 0 Å². The summed E-state index contributed by atoms with van der Waals surface area (Å²) in [6, 6.07) is 0.236. The molecular weight excluding hydrogens is 222 g/mol. The van der Waals surface area contributed by atoms with Crippen molar-refractivity contribution in [3.05, 3.63) is 0 Å². The summed E-state index contributed by atoms with van der Waals surface area (Å²) in [5.74, 6) is 0.266. The molecule has 0 aromatic carbocycles. The summed E-state index contributed by atoms with van der Waals surface area (Å²) in [7, 11) is 0. The predicted octanol–water partition coefficient (Wildman–Crippen LogP) is 2.18. The summed E-state index contributed by atoms with van der Waals surface area (Å²) in [6.07, 6.45) is 2.25. The van der Waals surface area contributed by atoms with E-state index in [0.29, 0.717) is 19.6 Å². The molecule has 0 radical (unpaired) electrons. The molecule has 1 fully saturated rings. The molecule has 0 aromatic rings. The molecule has 0 aromatic heterocycles. The van der Waals surface area contributed by atoms with E-state index in [1.165, 1.54) is 0 Å². The quantitative estimate of drug-likeness (QED) is 0.669. The molecule has 0 aliphatic carbocycles. The standard InChI is InChI=1S/C12H21NO2S/c1-4-5-11(14)12(6-7-15-8-12)13(9-16)10(2)3/h9-10H,4-8H2,1-3H3. The van der Waals surface area contributed by atoms with Gasteiger partial charge in [0.1, 0.15) is 5.54 Å². The van der Waals surface area contributed by atoms with Gasteiger partial charge in [-0.25, -0.2) is 0 Å². The largest absolute Gasteiger partial charge is 0.378 e. The lowest BCUT2D eigenvalue weighted by Crippen LogP contribution is -2.57. The Kier molecular flexibility index (Phi) is 4.87. The number of rotatable bonds is 6. The van der Waals surface area contributed by atoms with E-state index in [-0.39, 0.29) is 11.8 Å². The maximum Gasteiger partial charge on any atom is 0.160 e. The Hall–Kier alpha value is -0.480. The monoisotopic (exact) mass is 243 g/mol. The van der Waals surface area contributed by atoms with Crippen LogP contribution in [0.15, 0.2) is 0 Å². The van der Waals surface area contributed by atoms with E-state index >= 15 is 0 Å². The Bertz CT molecular complexity index is 260. The van der Waals surface area contributed by atoms with Crippen LogP contribution in [0, 0.1) is 0 Å². The predicted molar refractivity (Wildman–Crippen MR) is 68.7 cm³/mol. The van der Waals surface area contributed by atoms with Crippen molar-refractivity contribution in [2.24, 2.45) is 0 Å². The Labute approximate surface area is 103 Å². The Morgan fingerprint density at radius 2 is 2.31 bits per heavy atom. The van der Waals surface area contributed by atoms with Gasteiger partial charge in [0.05, 0.1) is 12.1 Å². The first kappa shape index (κ1) is 13.6. The highest BCUT2D eigenvalue weighted by Gasteiger charge is 2.46. The van der Waals surface area contributed by atoms with Gasteiger partial charge in [-0.15, -0.1) is 0 Å². The Balaban J connectivity index is 2.94. The SMILES string of the molecule is CCCC(=O)C1(N(C=S)C(C)C)CCOC1. The molecule has 1 atom stereocenters. The van der Waals surface area contributed by atoms with Crippen molar-refractivity contribution >= 4 is 23.5 Å². The van der Waals surface area contributed by atoms with Crippen LogP contribution in [0.5, 0.6) is 0 Å². The van der Waals surface area contributed by atoms with Crippen molar-refractivity contribution in [3.8, 4) is 0 Å². The number of carbonyl (C=O) groups excluding carboxylic acids is 1. The summed E-state index contributed by atoms with van der Waals surface area (Å²) < 4.78 is 5.43. The number of carbonyl (C=O) groups is 1. The minimum atomic E-state index is -0.494. The van der Waals surface area contributed by atoms with E-state index in [0.717, 1.165) is 12.8 Å². The molecule has 0 saturated carbocycles. The van der Waals surface area contributed by atoms with Crippen LogP contribution in [-0.4, -0.2) is 41.0 Å². The zero-order valence-electron chi connectivity index (χ0n) is 10.4. The van der Waals surface area contributed by atoms with Gasteiger partial charge >= 0.3 is 0 Å². The van der Waals surface area contributed by atoms with Gasteiger partial charge < -0.3 is 9.64 Å². The fraction of sp³-hybridized carbons (Fsp3) is 0.833. The molecule has 16 heavy (non-hydrogen) atoms. The second kappa shape index (κ2) is 5.73. The van der Waals surface area contributed by atoms with Crippen LogP contribution < -0.4 is 0 Å². The third-order valence-corrected chi connectivity index (χ3v) is 3.39. The van der Waals surface area contributed by atoms with Crippen LogP contribution in [0.1, 0.15) is 40.0 Å². The molecule has 1 saturated heterocycles. The number of Topliss-reactive ketones (excluding diaryl/α,β-unsaturated/α-hetero) is 1. The molecule has 0 amide bonds. The minimum Gasteiger partial charge on any atom is -0.378 e. The van der Waals surface area contributed by atoms with Gasteiger partial charge in [0.25, 0.3) is 0 Å². The van der Waals surface area contributed by atoms with Crippen LogP contribution in [0.25, 0.3) is 0 Å². The number of hydrogen-bond donors (Lipinski definition) is 0. The van der Waals surface area contributed by atoms with Crippen molar-refractivity contribution in [2.45, 2.75) is 51.6 Å². The molecule has 1 rings (SSSR count). The average molecular weight is 243 g/mol. The molecule has 0 bridgehead atoms. The first-order valence-corrected chi connectivity index (χ1v) is 6.40. The lowest BCUT2D eigenvalue weighted by molar-refractivity contribution is -0.129. The number of ketones is 1. The minimum absolute atomic E-state index is 0.236. The third-order valence-electron chi connectivity index (χ3n) is 3.16. The highest BCUT2D eigenvalue weighted by Crippen LogP contribution is 2.29. The van der Waals surface area contributed by atoms with Crippen molar-refractivity contribution in [1.82, 2.24) is 4.90 Å². The summed E-state index contributed by atoms with van der Waals surface area (Å²) in [5, 5.41) is 0. The number of ether oxygens (including phenoxy) is 1. The van der Waals surface area contributed by atoms with E-state index in [1.54, 1.807) is 5.49 Å². The van der Waals surface area contributed by atoms with Gasteiger partial charge in [-0.2, -0.15) is 0 Å². The maximum absolute atomic E-state index is 12.3. The van der Waals surface area contributed by atoms with Gasteiger partial charge in [-0.3, -0.25) is 4.79 Å². The lowest BCUT2D eigenvalue weighted by Gasteiger charge is -2.40. The molecule has 1 aliphatic heterocycles. The molecule has 4 heteroatoms. The first-order chi connectivity index (χ1) is 7.58. The van der Waals surface area contributed by atoms with Gasteiger partial charge in [-0.1, -0.05) is 19.1 Å². The molecule has 1 heterocycles. The van der Waals surface area contributed by atoms with Gasteiger partial charge in [0.2, 0.25) is 0 Å². The fourth-order valence-corrected chi connectivity index (χ4v) is 2.74. The summed E-state index contributed by atoms with van der Waals surface area (Å²) >= 11 is 5.05. The van der Waals surface area contributed by atoms with E-state index in [9.17, 15) is 4.79 Å². The third kappa shape index (κ3) is 2.43. The van der Waals surface area contributed by atoms with Crippen LogP contribution in [-0.2, 0) is 9.53 Å². The van der Waals surface area contributed by atoms with E-state index in [4.69, 9.17) is 17.0 Å². The van der Waals surface area contributed by atoms with Gasteiger partial charge in [0.15, 0.2) is 5.78 Å². The second-order valence-electron chi connectivity index (χ2n) is 4.61. The van der Waals surface area contributed by atoms with Crippen molar-refractivity contribution in [1.29, 1.82) is 0 Å². The topological polar surface area (TPSA) is 29.5 Å². The fourth-order valence-electron chi connectivity index (χ4n) is 2.30. The Morgan fingerprint density at radius 3 is 2.69 bits per heavy atom. The zero-order chi connectivity index (χ0) is 12.2. The number of nitrogens with zero attached hydrogens (tertiary/aromatic N) is 1. The molecule has 92 valence electrons. The van der Waals surface area contributed by atoms with E-state index in [1.807, 2.05) is 11.8 Å². The lowest BCUT2D eigenvalue weighted by atomic mass is 9.87. The van der Waals surface area contributed by atoms with E-state index in [2.05, 4.69) is 13.8 Å². The normalized spacial score (nSPS) is 24.8. The Morgan fingerprint density at radius 1 is 1.62 bits per heavy atom. The smallest absolute Gasteiger partial charge is 0.160 e. The molecule has 0 spiro atoms. The second-order valence-corrected chi connectivity index (χ2v) is 4.82. The summed E-state index contributed by atoms with van der Waals surface area (Å²) in [4.78, 5) is 14.3. The van der Waals surface area contributed by atoms with Crippen molar-refractivity contribution in [2.75, 3.05) is 13.2 Å². The highest BCUT2D eigenvalue weighted by molar-refractivity contribution is 7.78. The summed E-state index contributed by atoms with van der Waals surface area (Å²) in [6.45, 7) is 7.28. The van der Waals surface area contributed by atoms with Gasteiger partial charge in [-0.05, 0) is 20.3 Å². The first-order valence-electron chi connectivity index (χ1n) is 5.93. The molecule has 1 unspecified atom stereocenters. The van der Waals surface area contributed by atoms with E-state index < -0.39 is 5.54 Å². The molecule has 1 aliphatic rings. The molecule has 3 nitrogen and oxygen atoms in total. The van der Waals surface area contributed by atoms with Crippen LogP contribution >= 0.6 is 12.2 Å². The van der Waals surface area contributed by atoms with Crippen molar-refractivity contribution < 1.29 is 9.53 Å². The van der Waals surface area contributed by atoms with Crippen LogP contribution in [0.2, 0.25) is 0 Å². The maximum atomic E-state index is 12.3. The van der Waals surface area contributed by atoms with Gasteiger partial charge in [0, 0.05) is 25.5 Å². The molecule has 0 N–H and O–H groups in total. The number of hydrogen-bond acceptors (Lipinski definition) is 3.